The number of hydrogen-bond acceptors (Lipinski definition) is 2. The van der Waals surface area contributed by atoms with Crippen LogP contribution in [0.25, 0.3) is 0 Å². The lowest BCUT2D eigenvalue weighted by molar-refractivity contribution is -0.131. The van der Waals surface area contributed by atoms with E-state index in [1.165, 1.54) is 6.07 Å². The highest BCUT2D eigenvalue weighted by Crippen LogP contribution is 2.14. The Balaban J connectivity index is 1.75. The molecule has 0 unspecified atom stereocenters. The van der Waals surface area contributed by atoms with E-state index >= 15 is 0 Å². The SMILES string of the molecule is CC(C)(C)CNC(=O)NC1CCN(C(=O)Cc2ccccc2F)CC1. The van der Waals surface area contributed by atoms with Gasteiger partial charge >= 0.3 is 6.03 Å². The third kappa shape index (κ3) is 6.36. The molecule has 2 rings (SSSR count). The van der Waals surface area contributed by atoms with Crippen LogP contribution in [0.1, 0.15) is 39.2 Å². The van der Waals surface area contributed by atoms with Gasteiger partial charge in [-0.2, -0.15) is 0 Å². The number of likely N-dealkylation sites (tertiary alicyclic amines) is 1. The molecule has 1 aromatic carbocycles. The van der Waals surface area contributed by atoms with Gasteiger partial charge in [-0.3, -0.25) is 4.79 Å². The van der Waals surface area contributed by atoms with Gasteiger partial charge in [0.2, 0.25) is 5.91 Å². The lowest BCUT2D eigenvalue weighted by Gasteiger charge is -2.32. The molecule has 0 aliphatic carbocycles. The number of benzene rings is 1. The van der Waals surface area contributed by atoms with Gasteiger partial charge in [-0.15, -0.1) is 0 Å². The van der Waals surface area contributed by atoms with Gasteiger partial charge in [0, 0.05) is 25.7 Å². The highest BCUT2D eigenvalue weighted by atomic mass is 19.1. The monoisotopic (exact) mass is 349 g/mol. The molecule has 1 saturated heterocycles. The number of rotatable bonds is 4. The molecular formula is C19H28FN3O2. The van der Waals surface area contributed by atoms with E-state index in [2.05, 4.69) is 31.4 Å². The molecule has 0 atom stereocenters. The fraction of sp³-hybridized carbons (Fsp3) is 0.579. The van der Waals surface area contributed by atoms with E-state index < -0.39 is 0 Å². The van der Waals surface area contributed by atoms with Crippen LogP contribution in [0, 0.1) is 11.2 Å². The van der Waals surface area contributed by atoms with Crippen LogP contribution in [0.4, 0.5) is 9.18 Å². The van der Waals surface area contributed by atoms with Gasteiger partial charge < -0.3 is 15.5 Å². The second-order valence-electron chi connectivity index (χ2n) is 7.81. The molecule has 0 saturated carbocycles. The zero-order chi connectivity index (χ0) is 18.4. The first-order chi connectivity index (χ1) is 11.7. The van der Waals surface area contributed by atoms with E-state index in [0.29, 0.717) is 38.0 Å². The minimum absolute atomic E-state index is 0.0415. The molecule has 5 nitrogen and oxygen atoms in total. The van der Waals surface area contributed by atoms with Gasteiger partial charge in [-0.05, 0) is 29.9 Å². The van der Waals surface area contributed by atoms with E-state index in [9.17, 15) is 14.0 Å². The number of urea groups is 1. The summed E-state index contributed by atoms with van der Waals surface area (Å²) < 4.78 is 13.7. The summed E-state index contributed by atoms with van der Waals surface area (Å²) >= 11 is 0. The van der Waals surface area contributed by atoms with Gasteiger partial charge in [0.05, 0.1) is 6.42 Å². The van der Waals surface area contributed by atoms with Gasteiger partial charge in [0.1, 0.15) is 5.82 Å². The first-order valence-corrected chi connectivity index (χ1v) is 8.80. The quantitative estimate of drug-likeness (QED) is 0.878. The van der Waals surface area contributed by atoms with Crippen LogP contribution < -0.4 is 10.6 Å². The van der Waals surface area contributed by atoms with Crippen molar-refractivity contribution in [3.63, 3.8) is 0 Å². The zero-order valence-electron chi connectivity index (χ0n) is 15.3. The van der Waals surface area contributed by atoms with Crippen molar-refractivity contribution in [2.45, 2.75) is 46.1 Å². The molecule has 1 heterocycles. The van der Waals surface area contributed by atoms with Gasteiger partial charge in [0.15, 0.2) is 0 Å². The predicted molar refractivity (Wildman–Crippen MR) is 95.7 cm³/mol. The molecule has 0 aromatic heterocycles. The normalized spacial score (nSPS) is 15.8. The smallest absolute Gasteiger partial charge is 0.315 e. The lowest BCUT2D eigenvalue weighted by Crippen LogP contribution is -2.50. The van der Waals surface area contributed by atoms with Crippen molar-refractivity contribution in [3.8, 4) is 0 Å². The Bertz CT molecular complexity index is 605. The minimum atomic E-state index is -0.345. The van der Waals surface area contributed by atoms with Crippen molar-refractivity contribution < 1.29 is 14.0 Å². The molecule has 25 heavy (non-hydrogen) atoms. The van der Waals surface area contributed by atoms with E-state index in [0.717, 1.165) is 0 Å². The maximum atomic E-state index is 13.7. The van der Waals surface area contributed by atoms with Crippen molar-refractivity contribution in [2.24, 2.45) is 5.41 Å². The van der Waals surface area contributed by atoms with Crippen molar-refractivity contribution in [3.05, 3.63) is 35.6 Å². The second kappa shape index (κ2) is 8.32. The van der Waals surface area contributed by atoms with Crippen molar-refractivity contribution >= 4 is 11.9 Å². The van der Waals surface area contributed by atoms with Crippen molar-refractivity contribution in [1.82, 2.24) is 15.5 Å². The molecule has 3 amide bonds. The minimum Gasteiger partial charge on any atom is -0.342 e. The summed E-state index contributed by atoms with van der Waals surface area (Å²) in [6, 6.07) is 6.27. The van der Waals surface area contributed by atoms with Crippen molar-refractivity contribution in [1.29, 1.82) is 0 Å². The molecule has 6 heteroatoms. The van der Waals surface area contributed by atoms with Crippen LogP contribution >= 0.6 is 0 Å². The fourth-order valence-corrected chi connectivity index (χ4v) is 2.77. The van der Waals surface area contributed by atoms with Crippen LogP contribution in [0.3, 0.4) is 0 Å². The maximum Gasteiger partial charge on any atom is 0.315 e. The summed E-state index contributed by atoms with van der Waals surface area (Å²) in [7, 11) is 0. The summed E-state index contributed by atoms with van der Waals surface area (Å²) in [6.07, 6.45) is 1.51. The third-order valence-corrected chi connectivity index (χ3v) is 4.26. The average Bonchev–Trinajstić information content (AvgIpc) is 2.55. The Hall–Kier alpha value is -2.11. The van der Waals surface area contributed by atoms with Crippen LogP contribution in [-0.2, 0) is 11.2 Å². The van der Waals surface area contributed by atoms with Crippen molar-refractivity contribution in [2.75, 3.05) is 19.6 Å². The molecule has 138 valence electrons. The number of halogens is 1. The zero-order valence-corrected chi connectivity index (χ0v) is 15.3. The lowest BCUT2D eigenvalue weighted by atomic mass is 9.97. The fourth-order valence-electron chi connectivity index (χ4n) is 2.77. The Morgan fingerprint density at radius 3 is 2.44 bits per heavy atom. The second-order valence-corrected chi connectivity index (χ2v) is 7.81. The topological polar surface area (TPSA) is 61.4 Å². The first-order valence-electron chi connectivity index (χ1n) is 8.80. The largest absolute Gasteiger partial charge is 0.342 e. The Kier molecular flexibility index (Phi) is 6.39. The number of amides is 3. The molecule has 1 aliphatic rings. The molecular weight excluding hydrogens is 321 g/mol. The van der Waals surface area contributed by atoms with Crippen LogP contribution in [-0.4, -0.2) is 42.5 Å². The summed E-state index contributed by atoms with van der Waals surface area (Å²) in [4.78, 5) is 26.0. The summed E-state index contributed by atoms with van der Waals surface area (Å²) in [6.45, 7) is 7.96. The van der Waals surface area contributed by atoms with E-state index in [-0.39, 0.29) is 35.6 Å². The van der Waals surface area contributed by atoms with Gasteiger partial charge in [-0.25, -0.2) is 9.18 Å². The van der Waals surface area contributed by atoms with E-state index in [1.807, 2.05) is 0 Å². The molecule has 0 radical (unpaired) electrons. The molecule has 2 N–H and O–H groups in total. The first kappa shape index (κ1) is 19.2. The summed E-state index contributed by atoms with van der Waals surface area (Å²) in [5.74, 6) is -0.413. The summed E-state index contributed by atoms with van der Waals surface area (Å²) in [5.41, 5.74) is 0.467. The van der Waals surface area contributed by atoms with Gasteiger partial charge in [-0.1, -0.05) is 39.0 Å². The number of carbonyl (C=O) groups excluding carboxylic acids is 2. The molecule has 0 spiro atoms. The van der Waals surface area contributed by atoms with E-state index in [4.69, 9.17) is 0 Å². The number of piperidine rings is 1. The molecule has 1 aliphatic heterocycles. The Labute approximate surface area is 149 Å². The predicted octanol–water partition coefficient (Wildman–Crippen LogP) is 2.70. The summed E-state index contributed by atoms with van der Waals surface area (Å²) in [5, 5.41) is 5.83. The molecule has 1 aromatic rings. The number of nitrogens with zero attached hydrogens (tertiary/aromatic N) is 1. The Morgan fingerprint density at radius 2 is 1.84 bits per heavy atom. The average molecular weight is 349 g/mol. The highest BCUT2D eigenvalue weighted by molar-refractivity contribution is 5.79. The standard InChI is InChI=1S/C19H28FN3O2/c1-19(2,3)13-21-18(25)22-15-8-10-23(11-9-15)17(24)12-14-6-4-5-7-16(14)20/h4-7,15H,8-13H2,1-3H3,(H2,21,22,25). The van der Waals surface area contributed by atoms with Gasteiger partial charge in [0.25, 0.3) is 0 Å². The van der Waals surface area contributed by atoms with Crippen LogP contribution in [0.5, 0.6) is 0 Å². The molecule has 0 bridgehead atoms. The third-order valence-electron chi connectivity index (χ3n) is 4.26. The number of hydrogen-bond donors (Lipinski definition) is 2. The Morgan fingerprint density at radius 1 is 1.20 bits per heavy atom. The molecule has 1 fully saturated rings. The number of nitrogens with one attached hydrogen (secondary N) is 2. The number of carbonyl (C=O) groups is 2. The van der Waals surface area contributed by atoms with Crippen LogP contribution in [0.15, 0.2) is 24.3 Å². The maximum absolute atomic E-state index is 13.7. The van der Waals surface area contributed by atoms with E-state index in [1.54, 1.807) is 23.1 Å². The highest BCUT2D eigenvalue weighted by Gasteiger charge is 2.24. The van der Waals surface area contributed by atoms with Crippen LogP contribution in [0.2, 0.25) is 0 Å².